The fraction of sp³-hybridized carbons (Fsp3) is 0. The monoisotopic (exact) mass is 259 g/mol. The molecule has 0 aliphatic carbocycles. The van der Waals surface area contributed by atoms with E-state index in [-0.39, 0.29) is 0 Å². The molecule has 3 aromatic carbocycles. The molecule has 0 unspecified atom stereocenters. The Kier molecular flexibility index (Phi) is 3.65. The smallest absolute Gasteiger partial charge is 0.0629 e. The van der Waals surface area contributed by atoms with E-state index in [1.165, 1.54) is 0 Å². The third kappa shape index (κ3) is 2.98. The minimum atomic E-state index is 1.00. The molecule has 97 valence electrons. The predicted molar refractivity (Wildman–Crippen MR) is 84.7 cm³/mol. The summed E-state index contributed by atoms with van der Waals surface area (Å²) in [5, 5.41) is 6.81. The quantitative estimate of drug-likeness (QED) is 0.691. The van der Waals surface area contributed by atoms with Gasteiger partial charge in [-0.05, 0) is 42.5 Å². The van der Waals surface area contributed by atoms with E-state index in [4.69, 9.17) is 0 Å². The first-order valence-corrected chi connectivity index (χ1v) is 6.56. The van der Waals surface area contributed by atoms with Crippen LogP contribution in [-0.4, -0.2) is 0 Å². The Labute approximate surface area is 119 Å². The van der Waals surface area contributed by atoms with Crippen molar-refractivity contribution in [3.63, 3.8) is 0 Å². The molecule has 0 spiro atoms. The van der Waals surface area contributed by atoms with Crippen LogP contribution in [0.25, 0.3) is 0 Å². The summed E-state index contributed by atoms with van der Waals surface area (Å²) < 4.78 is 0. The van der Waals surface area contributed by atoms with Gasteiger partial charge in [0, 0.05) is 11.4 Å². The molecule has 0 saturated carbocycles. The van der Waals surface area contributed by atoms with Gasteiger partial charge < -0.3 is 10.6 Å². The van der Waals surface area contributed by atoms with Crippen LogP contribution in [0.3, 0.4) is 0 Å². The molecule has 3 rings (SSSR count). The Hall–Kier alpha value is -2.74. The number of hydrogen-bond acceptors (Lipinski definition) is 2. The van der Waals surface area contributed by atoms with Crippen molar-refractivity contribution in [3.8, 4) is 0 Å². The van der Waals surface area contributed by atoms with Crippen LogP contribution in [0.2, 0.25) is 0 Å². The summed E-state index contributed by atoms with van der Waals surface area (Å²) in [5.74, 6) is 0. The second-order valence-corrected chi connectivity index (χ2v) is 4.45. The van der Waals surface area contributed by atoms with Gasteiger partial charge in [0.05, 0.1) is 11.4 Å². The lowest BCUT2D eigenvalue weighted by atomic mass is 10.2. The van der Waals surface area contributed by atoms with Crippen LogP contribution in [0, 0.1) is 6.07 Å². The topological polar surface area (TPSA) is 24.1 Å². The second-order valence-electron chi connectivity index (χ2n) is 4.45. The zero-order valence-electron chi connectivity index (χ0n) is 11.0. The molecule has 2 nitrogen and oxygen atoms in total. The Bertz CT molecular complexity index is 603. The van der Waals surface area contributed by atoms with E-state index in [9.17, 15) is 0 Å². The number of anilines is 4. The highest BCUT2D eigenvalue weighted by molar-refractivity contribution is 5.77. The molecule has 0 aliphatic rings. The molecule has 3 aromatic rings. The zero-order chi connectivity index (χ0) is 13.6. The van der Waals surface area contributed by atoms with Gasteiger partial charge in [0.1, 0.15) is 0 Å². The molecule has 0 fully saturated rings. The van der Waals surface area contributed by atoms with Crippen LogP contribution in [0.1, 0.15) is 0 Å². The number of nitrogens with one attached hydrogen (secondary N) is 2. The molecule has 20 heavy (non-hydrogen) atoms. The molecule has 0 amide bonds. The fourth-order valence-corrected chi connectivity index (χ4v) is 2.00. The van der Waals surface area contributed by atoms with Crippen LogP contribution in [0.5, 0.6) is 0 Å². The Morgan fingerprint density at radius 3 is 1.75 bits per heavy atom. The standard InChI is InChI=1S/C18H15N2/c1-3-9-15(10-4-1)19-17-13-7-8-14-18(17)20-16-11-5-2-6-12-16/h1-7,9-14,19-20H. The van der Waals surface area contributed by atoms with E-state index in [1.807, 2.05) is 78.9 Å². The Morgan fingerprint density at radius 1 is 0.600 bits per heavy atom. The Balaban J connectivity index is 1.85. The number of rotatable bonds is 4. The first-order chi connectivity index (χ1) is 9.92. The third-order valence-corrected chi connectivity index (χ3v) is 2.97. The molecule has 0 aromatic heterocycles. The summed E-state index contributed by atoms with van der Waals surface area (Å²) in [6.45, 7) is 0. The molecule has 0 saturated heterocycles. The lowest BCUT2D eigenvalue weighted by Crippen LogP contribution is -1.97. The summed E-state index contributed by atoms with van der Waals surface area (Å²) in [7, 11) is 0. The average molecular weight is 259 g/mol. The number of hydrogen-bond donors (Lipinski definition) is 2. The van der Waals surface area contributed by atoms with Crippen molar-refractivity contribution in [2.45, 2.75) is 0 Å². The minimum Gasteiger partial charge on any atom is -0.354 e. The summed E-state index contributed by atoms with van der Waals surface area (Å²) in [6.07, 6.45) is 0. The molecule has 0 bridgehead atoms. The van der Waals surface area contributed by atoms with Crippen LogP contribution < -0.4 is 10.6 Å². The van der Waals surface area contributed by atoms with Gasteiger partial charge in [-0.3, -0.25) is 0 Å². The van der Waals surface area contributed by atoms with E-state index >= 15 is 0 Å². The van der Waals surface area contributed by atoms with Gasteiger partial charge in [0.15, 0.2) is 0 Å². The van der Waals surface area contributed by atoms with E-state index in [1.54, 1.807) is 0 Å². The van der Waals surface area contributed by atoms with Crippen LogP contribution in [0.15, 0.2) is 78.9 Å². The number of benzene rings is 3. The fourth-order valence-electron chi connectivity index (χ4n) is 2.00. The molecule has 2 heteroatoms. The molecule has 0 atom stereocenters. The van der Waals surface area contributed by atoms with Gasteiger partial charge >= 0.3 is 0 Å². The van der Waals surface area contributed by atoms with Gasteiger partial charge in [-0.15, -0.1) is 0 Å². The SMILES string of the molecule is [c]1ccc(Nc2ccccc2)c(Nc2ccccc2)c1. The van der Waals surface area contributed by atoms with Gasteiger partial charge in [-0.1, -0.05) is 42.5 Å². The summed E-state index contributed by atoms with van der Waals surface area (Å²) in [4.78, 5) is 0. The highest BCUT2D eigenvalue weighted by atomic mass is 15.0. The van der Waals surface area contributed by atoms with E-state index in [2.05, 4.69) is 16.7 Å². The zero-order valence-corrected chi connectivity index (χ0v) is 11.0. The Morgan fingerprint density at radius 2 is 1.15 bits per heavy atom. The maximum Gasteiger partial charge on any atom is 0.0629 e. The third-order valence-electron chi connectivity index (χ3n) is 2.97. The van der Waals surface area contributed by atoms with Gasteiger partial charge in [0.2, 0.25) is 0 Å². The largest absolute Gasteiger partial charge is 0.354 e. The molecule has 2 N–H and O–H groups in total. The second kappa shape index (κ2) is 5.93. The summed E-state index contributed by atoms with van der Waals surface area (Å²) >= 11 is 0. The van der Waals surface area contributed by atoms with Crippen molar-refractivity contribution in [2.75, 3.05) is 10.6 Å². The van der Waals surface area contributed by atoms with Crippen molar-refractivity contribution in [3.05, 3.63) is 84.9 Å². The van der Waals surface area contributed by atoms with Gasteiger partial charge in [-0.2, -0.15) is 0 Å². The van der Waals surface area contributed by atoms with E-state index in [0.717, 1.165) is 22.7 Å². The van der Waals surface area contributed by atoms with Crippen molar-refractivity contribution in [1.29, 1.82) is 0 Å². The molecule has 1 radical (unpaired) electrons. The van der Waals surface area contributed by atoms with Crippen molar-refractivity contribution < 1.29 is 0 Å². The van der Waals surface area contributed by atoms with Crippen LogP contribution >= 0.6 is 0 Å². The molecular weight excluding hydrogens is 244 g/mol. The van der Waals surface area contributed by atoms with Gasteiger partial charge in [0.25, 0.3) is 0 Å². The normalized spacial score (nSPS) is 10.0. The molecule has 0 heterocycles. The molecular formula is C18H15N2. The predicted octanol–water partition coefficient (Wildman–Crippen LogP) is 4.97. The number of para-hydroxylation sites is 2. The lowest BCUT2D eigenvalue weighted by molar-refractivity contribution is 1.50. The van der Waals surface area contributed by atoms with Crippen molar-refractivity contribution in [1.82, 2.24) is 0 Å². The highest BCUT2D eigenvalue weighted by Crippen LogP contribution is 2.27. The maximum absolute atomic E-state index is 3.41. The average Bonchev–Trinajstić information content (AvgIpc) is 2.51. The van der Waals surface area contributed by atoms with E-state index < -0.39 is 0 Å². The van der Waals surface area contributed by atoms with E-state index in [0.29, 0.717) is 0 Å². The van der Waals surface area contributed by atoms with Crippen LogP contribution in [-0.2, 0) is 0 Å². The maximum atomic E-state index is 3.41. The highest BCUT2D eigenvalue weighted by Gasteiger charge is 2.02. The lowest BCUT2D eigenvalue weighted by Gasteiger charge is -2.13. The van der Waals surface area contributed by atoms with Crippen LogP contribution in [0.4, 0.5) is 22.7 Å². The van der Waals surface area contributed by atoms with Gasteiger partial charge in [-0.25, -0.2) is 0 Å². The molecule has 0 aliphatic heterocycles. The van der Waals surface area contributed by atoms with Crippen molar-refractivity contribution >= 4 is 22.7 Å². The summed E-state index contributed by atoms with van der Waals surface area (Å²) in [5.41, 5.74) is 4.15. The minimum absolute atomic E-state index is 1.00. The summed E-state index contributed by atoms with van der Waals surface area (Å²) in [6, 6.07) is 29.2. The first-order valence-electron chi connectivity index (χ1n) is 6.56. The first kappa shape index (κ1) is 12.3. The van der Waals surface area contributed by atoms with Crippen molar-refractivity contribution in [2.24, 2.45) is 0 Å².